The summed E-state index contributed by atoms with van der Waals surface area (Å²) in [5.74, 6) is 0.217. The van der Waals surface area contributed by atoms with Gasteiger partial charge in [-0.3, -0.25) is 14.2 Å². The molecule has 1 fully saturated rings. The summed E-state index contributed by atoms with van der Waals surface area (Å²) in [7, 11) is 1.57. The zero-order valence-corrected chi connectivity index (χ0v) is 17.5. The van der Waals surface area contributed by atoms with E-state index in [-0.39, 0.29) is 11.8 Å². The van der Waals surface area contributed by atoms with E-state index >= 15 is 0 Å². The molecule has 8 nitrogen and oxygen atoms in total. The van der Waals surface area contributed by atoms with Gasteiger partial charge in [0, 0.05) is 44.7 Å². The van der Waals surface area contributed by atoms with E-state index in [1.54, 1.807) is 51.8 Å². The summed E-state index contributed by atoms with van der Waals surface area (Å²) in [5, 5.41) is 0. The Morgan fingerprint density at radius 1 is 1.00 bits per heavy atom. The van der Waals surface area contributed by atoms with Gasteiger partial charge in [0.05, 0.1) is 12.6 Å². The number of hydrogen-bond acceptors (Lipinski definition) is 5. The van der Waals surface area contributed by atoms with Crippen LogP contribution in [0.1, 0.15) is 23.2 Å². The first-order valence-electron chi connectivity index (χ1n) is 10.4. The lowest BCUT2D eigenvalue weighted by molar-refractivity contribution is -0.132. The summed E-state index contributed by atoms with van der Waals surface area (Å²) in [5.41, 5.74) is 1.87. The van der Waals surface area contributed by atoms with Crippen LogP contribution in [0.3, 0.4) is 0 Å². The Hall–Kier alpha value is -3.55. The van der Waals surface area contributed by atoms with Gasteiger partial charge in [-0.1, -0.05) is 18.2 Å². The Balaban J connectivity index is 1.28. The minimum atomic E-state index is -0.404. The predicted molar refractivity (Wildman–Crippen MR) is 115 cm³/mol. The lowest BCUT2D eigenvalue weighted by Gasteiger charge is -2.35. The summed E-state index contributed by atoms with van der Waals surface area (Å²) in [6, 6.07) is 14.3. The van der Waals surface area contributed by atoms with Crippen LogP contribution < -0.4 is 10.5 Å². The van der Waals surface area contributed by atoms with Gasteiger partial charge in [-0.05, 0) is 36.8 Å². The minimum absolute atomic E-state index is 0.0364. The van der Waals surface area contributed by atoms with E-state index in [2.05, 4.69) is 0 Å². The van der Waals surface area contributed by atoms with E-state index < -0.39 is 5.76 Å². The van der Waals surface area contributed by atoms with Crippen LogP contribution in [0.15, 0.2) is 57.7 Å². The third-order valence-corrected chi connectivity index (χ3v) is 5.58. The maximum atomic E-state index is 12.7. The zero-order chi connectivity index (χ0) is 21.8. The highest BCUT2D eigenvalue weighted by Gasteiger charge is 2.25. The lowest BCUT2D eigenvalue weighted by atomic mass is 10.1. The highest BCUT2D eigenvalue weighted by Crippen LogP contribution is 2.16. The molecule has 2 aromatic carbocycles. The van der Waals surface area contributed by atoms with Crippen molar-refractivity contribution in [2.45, 2.75) is 19.4 Å². The number of methoxy groups -OCH3 is 1. The number of benzene rings is 2. The number of carbonyl (C=O) groups is 2. The van der Waals surface area contributed by atoms with E-state index in [0.29, 0.717) is 62.5 Å². The van der Waals surface area contributed by atoms with Crippen molar-refractivity contribution in [2.24, 2.45) is 0 Å². The van der Waals surface area contributed by atoms with Gasteiger partial charge in [-0.25, -0.2) is 4.79 Å². The van der Waals surface area contributed by atoms with Crippen molar-refractivity contribution in [2.75, 3.05) is 33.3 Å². The van der Waals surface area contributed by atoms with Crippen LogP contribution in [0.5, 0.6) is 5.75 Å². The Morgan fingerprint density at radius 2 is 1.74 bits per heavy atom. The van der Waals surface area contributed by atoms with Gasteiger partial charge < -0.3 is 19.0 Å². The standard InChI is InChI=1S/C23H25N3O5/c1-30-18-7-4-6-17(16-18)22(28)25-14-12-24(13-15-25)21(27)10-5-11-26-19-8-2-3-9-20(19)31-23(26)29/h2-4,6-9,16H,5,10-15H2,1H3. The monoisotopic (exact) mass is 423 g/mol. The molecule has 8 heteroatoms. The molecule has 2 heterocycles. The Kier molecular flexibility index (Phi) is 6.06. The molecule has 162 valence electrons. The second-order valence-corrected chi connectivity index (χ2v) is 7.50. The Labute approximate surface area is 179 Å². The molecule has 0 N–H and O–H groups in total. The lowest BCUT2D eigenvalue weighted by Crippen LogP contribution is -2.50. The maximum absolute atomic E-state index is 12.7. The molecule has 0 bridgehead atoms. The average Bonchev–Trinajstić information content (AvgIpc) is 3.13. The summed E-state index contributed by atoms with van der Waals surface area (Å²) in [6.07, 6.45) is 0.890. The highest BCUT2D eigenvalue weighted by atomic mass is 16.5. The van der Waals surface area contributed by atoms with Crippen molar-refractivity contribution in [1.29, 1.82) is 0 Å². The van der Waals surface area contributed by atoms with Crippen molar-refractivity contribution in [1.82, 2.24) is 14.4 Å². The number of piperazine rings is 1. The van der Waals surface area contributed by atoms with Crippen LogP contribution in [0, 0.1) is 0 Å². The number of oxazole rings is 1. The SMILES string of the molecule is COc1cccc(C(=O)N2CCN(C(=O)CCCn3c(=O)oc4ccccc43)CC2)c1. The number of fused-ring (bicyclic) bond motifs is 1. The summed E-state index contributed by atoms with van der Waals surface area (Å²) in [6.45, 7) is 2.42. The van der Waals surface area contributed by atoms with Crippen molar-refractivity contribution in [3.8, 4) is 5.75 Å². The molecular weight excluding hydrogens is 398 g/mol. The van der Waals surface area contributed by atoms with Gasteiger partial charge >= 0.3 is 5.76 Å². The molecule has 0 radical (unpaired) electrons. The Bertz CT molecular complexity index is 1140. The number of carbonyl (C=O) groups excluding carboxylic acids is 2. The molecule has 0 spiro atoms. The molecule has 2 amide bonds. The van der Waals surface area contributed by atoms with Gasteiger partial charge in [0.2, 0.25) is 5.91 Å². The number of nitrogens with zero attached hydrogens (tertiary/aromatic N) is 3. The minimum Gasteiger partial charge on any atom is -0.497 e. The molecule has 1 aliphatic heterocycles. The van der Waals surface area contributed by atoms with Crippen LogP contribution in [0.25, 0.3) is 11.1 Å². The second-order valence-electron chi connectivity index (χ2n) is 7.50. The molecule has 0 unspecified atom stereocenters. The fourth-order valence-corrected chi connectivity index (χ4v) is 3.87. The van der Waals surface area contributed by atoms with Crippen LogP contribution in [0.4, 0.5) is 0 Å². The first-order chi connectivity index (χ1) is 15.1. The van der Waals surface area contributed by atoms with E-state index in [1.165, 1.54) is 0 Å². The van der Waals surface area contributed by atoms with Gasteiger partial charge in [-0.2, -0.15) is 0 Å². The van der Waals surface area contributed by atoms with Crippen LogP contribution >= 0.6 is 0 Å². The zero-order valence-electron chi connectivity index (χ0n) is 17.5. The maximum Gasteiger partial charge on any atom is 0.419 e. The molecule has 0 saturated carbocycles. The smallest absolute Gasteiger partial charge is 0.419 e. The number of aryl methyl sites for hydroxylation is 1. The molecule has 1 aliphatic rings. The summed E-state index contributed by atoms with van der Waals surface area (Å²) in [4.78, 5) is 40.9. The first kappa shape index (κ1) is 20.7. The van der Waals surface area contributed by atoms with Crippen LogP contribution in [-0.2, 0) is 11.3 Å². The van der Waals surface area contributed by atoms with Crippen molar-refractivity contribution < 1.29 is 18.7 Å². The third-order valence-electron chi connectivity index (χ3n) is 5.58. The fourth-order valence-electron chi connectivity index (χ4n) is 3.87. The summed E-state index contributed by atoms with van der Waals surface area (Å²) < 4.78 is 12.0. The van der Waals surface area contributed by atoms with E-state index in [1.807, 2.05) is 18.2 Å². The number of para-hydroxylation sites is 2. The van der Waals surface area contributed by atoms with E-state index in [9.17, 15) is 14.4 Å². The summed E-state index contributed by atoms with van der Waals surface area (Å²) >= 11 is 0. The van der Waals surface area contributed by atoms with Crippen LogP contribution in [-0.4, -0.2) is 59.5 Å². The molecule has 1 saturated heterocycles. The second kappa shape index (κ2) is 9.07. The third kappa shape index (κ3) is 4.47. The fraction of sp³-hybridized carbons (Fsp3) is 0.348. The van der Waals surface area contributed by atoms with Crippen LogP contribution in [0.2, 0.25) is 0 Å². The molecule has 0 aliphatic carbocycles. The normalized spacial score (nSPS) is 14.1. The number of hydrogen-bond donors (Lipinski definition) is 0. The molecule has 0 atom stereocenters. The molecule has 31 heavy (non-hydrogen) atoms. The molecule has 3 aromatic rings. The predicted octanol–water partition coefficient (Wildman–Crippen LogP) is 2.37. The van der Waals surface area contributed by atoms with Gasteiger partial charge in [0.15, 0.2) is 5.58 Å². The molecule has 1 aromatic heterocycles. The first-order valence-corrected chi connectivity index (χ1v) is 10.4. The average molecular weight is 423 g/mol. The Morgan fingerprint density at radius 3 is 2.52 bits per heavy atom. The van der Waals surface area contributed by atoms with Crippen molar-refractivity contribution in [3.05, 3.63) is 64.6 Å². The largest absolute Gasteiger partial charge is 0.497 e. The number of rotatable bonds is 6. The van der Waals surface area contributed by atoms with Gasteiger partial charge in [0.1, 0.15) is 5.75 Å². The van der Waals surface area contributed by atoms with E-state index in [4.69, 9.17) is 9.15 Å². The van der Waals surface area contributed by atoms with E-state index in [0.717, 1.165) is 5.52 Å². The quantitative estimate of drug-likeness (QED) is 0.608. The number of aromatic nitrogens is 1. The van der Waals surface area contributed by atoms with Crippen molar-refractivity contribution >= 4 is 22.9 Å². The highest BCUT2D eigenvalue weighted by molar-refractivity contribution is 5.94. The molecular formula is C23H25N3O5. The molecule has 4 rings (SSSR count). The van der Waals surface area contributed by atoms with Gasteiger partial charge in [0.25, 0.3) is 5.91 Å². The van der Waals surface area contributed by atoms with Gasteiger partial charge in [-0.15, -0.1) is 0 Å². The number of ether oxygens (including phenoxy) is 1. The van der Waals surface area contributed by atoms with Crippen molar-refractivity contribution in [3.63, 3.8) is 0 Å². The number of amides is 2. The topological polar surface area (TPSA) is 85.0 Å².